The van der Waals surface area contributed by atoms with Crippen molar-refractivity contribution in [1.29, 1.82) is 0 Å². The standard InChI is InChI=1S/C13H25N3O/c1-11(2)10-17-7-6-15(4)12(3)13-8-14-16(5)9-13/h8-9,11-12H,6-7,10H2,1-5H3. The van der Waals surface area contributed by atoms with Crippen LogP contribution in [0.15, 0.2) is 12.4 Å². The third-order valence-electron chi connectivity index (χ3n) is 2.91. The van der Waals surface area contributed by atoms with Crippen molar-refractivity contribution < 1.29 is 4.74 Å². The van der Waals surface area contributed by atoms with Gasteiger partial charge in [-0.1, -0.05) is 13.8 Å². The van der Waals surface area contributed by atoms with Gasteiger partial charge in [-0.15, -0.1) is 0 Å². The van der Waals surface area contributed by atoms with Crippen LogP contribution in [0.5, 0.6) is 0 Å². The Bertz CT molecular complexity index is 322. The fourth-order valence-corrected chi connectivity index (χ4v) is 1.63. The van der Waals surface area contributed by atoms with Crippen LogP contribution in [0.4, 0.5) is 0 Å². The highest BCUT2D eigenvalue weighted by atomic mass is 16.5. The van der Waals surface area contributed by atoms with E-state index in [1.165, 1.54) is 5.56 Å². The molecule has 1 heterocycles. The monoisotopic (exact) mass is 239 g/mol. The largest absolute Gasteiger partial charge is 0.380 e. The first-order chi connectivity index (χ1) is 8.00. The van der Waals surface area contributed by atoms with E-state index in [-0.39, 0.29) is 0 Å². The molecule has 17 heavy (non-hydrogen) atoms. The van der Waals surface area contributed by atoms with E-state index in [0.717, 1.165) is 19.8 Å². The second-order valence-corrected chi connectivity index (χ2v) is 5.07. The van der Waals surface area contributed by atoms with Crippen molar-refractivity contribution in [1.82, 2.24) is 14.7 Å². The first-order valence-corrected chi connectivity index (χ1v) is 6.27. The summed E-state index contributed by atoms with van der Waals surface area (Å²) in [6, 6.07) is 0.381. The highest BCUT2D eigenvalue weighted by Gasteiger charge is 2.12. The Morgan fingerprint density at radius 3 is 2.65 bits per heavy atom. The van der Waals surface area contributed by atoms with Crippen molar-refractivity contribution in [2.24, 2.45) is 13.0 Å². The summed E-state index contributed by atoms with van der Waals surface area (Å²) in [6.45, 7) is 9.11. The van der Waals surface area contributed by atoms with E-state index in [4.69, 9.17) is 4.74 Å². The normalized spacial score (nSPS) is 13.6. The zero-order valence-corrected chi connectivity index (χ0v) is 11.7. The van der Waals surface area contributed by atoms with Crippen molar-refractivity contribution in [3.63, 3.8) is 0 Å². The summed E-state index contributed by atoms with van der Waals surface area (Å²) in [5, 5.41) is 4.20. The van der Waals surface area contributed by atoms with E-state index >= 15 is 0 Å². The minimum absolute atomic E-state index is 0.381. The molecule has 0 aliphatic heterocycles. The van der Waals surface area contributed by atoms with Crippen LogP contribution in [0.1, 0.15) is 32.4 Å². The van der Waals surface area contributed by atoms with E-state index in [9.17, 15) is 0 Å². The first kappa shape index (κ1) is 14.2. The molecule has 0 aromatic carbocycles. The number of likely N-dealkylation sites (N-methyl/N-ethyl adjacent to an activating group) is 1. The molecule has 4 nitrogen and oxygen atoms in total. The summed E-state index contributed by atoms with van der Waals surface area (Å²) in [7, 11) is 4.07. The van der Waals surface area contributed by atoms with Gasteiger partial charge in [0.2, 0.25) is 0 Å². The van der Waals surface area contributed by atoms with Gasteiger partial charge < -0.3 is 4.74 Å². The molecule has 1 aromatic heterocycles. The maximum absolute atomic E-state index is 5.59. The smallest absolute Gasteiger partial charge is 0.0593 e. The number of hydrogen-bond acceptors (Lipinski definition) is 3. The Hall–Kier alpha value is -0.870. The van der Waals surface area contributed by atoms with Crippen LogP contribution >= 0.6 is 0 Å². The molecule has 0 spiro atoms. The average molecular weight is 239 g/mol. The van der Waals surface area contributed by atoms with Gasteiger partial charge >= 0.3 is 0 Å². The van der Waals surface area contributed by atoms with E-state index < -0.39 is 0 Å². The predicted octanol–water partition coefficient (Wildman–Crippen LogP) is 2.09. The van der Waals surface area contributed by atoms with Crippen molar-refractivity contribution in [3.05, 3.63) is 18.0 Å². The number of aromatic nitrogens is 2. The lowest BCUT2D eigenvalue weighted by Gasteiger charge is -2.23. The molecular weight excluding hydrogens is 214 g/mol. The molecule has 0 amide bonds. The second kappa shape index (κ2) is 6.77. The van der Waals surface area contributed by atoms with Gasteiger partial charge in [-0.25, -0.2) is 0 Å². The van der Waals surface area contributed by atoms with Gasteiger partial charge in [0.15, 0.2) is 0 Å². The highest BCUT2D eigenvalue weighted by Crippen LogP contribution is 2.16. The molecule has 0 aliphatic rings. The lowest BCUT2D eigenvalue weighted by Crippen LogP contribution is -2.26. The van der Waals surface area contributed by atoms with Gasteiger partial charge in [0, 0.05) is 38.0 Å². The molecule has 0 fully saturated rings. The molecule has 1 unspecified atom stereocenters. The Labute approximate surface area is 105 Å². The van der Waals surface area contributed by atoms with Crippen molar-refractivity contribution in [2.75, 3.05) is 26.8 Å². The fraction of sp³-hybridized carbons (Fsp3) is 0.769. The van der Waals surface area contributed by atoms with Crippen LogP contribution in [0.2, 0.25) is 0 Å². The lowest BCUT2D eigenvalue weighted by atomic mass is 10.2. The molecule has 0 aliphatic carbocycles. The Morgan fingerprint density at radius 2 is 2.12 bits per heavy atom. The maximum Gasteiger partial charge on any atom is 0.0593 e. The molecule has 1 aromatic rings. The number of hydrogen-bond donors (Lipinski definition) is 0. The lowest BCUT2D eigenvalue weighted by molar-refractivity contribution is 0.0831. The third kappa shape index (κ3) is 4.88. The number of nitrogens with zero attached hydrogens (tertiary/aromatic N) is 3. The number of aryl methyl sites for hydroxylation is 1. The van der Waals surface area contributed by atoms with E-state index in [2.05, 4.69) is 44.0 Å². The summed E-state index contributed by atoms with van der Waals surface area (Å²) < 4.78 is 7.44. The summed E-state index contributed by atoms with van der Waals surface area (Å²) in [5.41, 5.74) is 1.25. The second-order valence-electron chi connectivity index (χ2n) is 5.07. The van der Waals surface area contributed by atoms with E-state index in [0.29, 0.717) is 12.0 Å². The van der Waals surface area contributed by atoms with Crippen molar-refractivity contribution in [3.8, 4) is 0 Å². The zero-order valence-electron chi connectivity index (χ0n) is 11.7. The summed E-state index contributed by atoms with van der Waals surface area (Å²) in [4.78, 5) is 2.29. The van der Waals surface area contributed by atoms with Gasteiger partial charge in [-0.05, 0) is 19.9 Å². The first-order valence-electron chi connectivity index (χ1n) is 6.27. The number of rotatable bonds is 7. The van der Waals surface area contributed by atoms with Gasteiger partial charge in [0.05, 0.1) is 12.8 Å². The minimum Gasteiger partial charge on any atom is -0.380 e. The zero-order chi connectivity index (χ0) is 12.8. The Morgan fingerprint density at radius 1 is 1.41 bits per heavy atom. The number of ether oxygens (including phenoxy) is 1. The van der Waals surface area contributed by atoms with Crippen molar-refractivity contribution >= 4 is 0 Å². The Balaban J connectivity index is 2.29. The van der Waals surface area contributed by atoms with Gasteiger partial charge in [0.1, 0.15) is 0 Å². The quantitative estimate of drug-likeness (QED) is 0.683. The highest BCUT2D eigenvalue weighted by molar-refractivity contribution is 5.08. The van der Waals surface area contributed by atoms with Crippen LogP contribution in [-0.4, -0.2) is 41.5 Å². The summed E-state index contributed by atoms with van der Waals surface area (Å²) >= 11 is 0. The third-order valence-corrected chi connectivity index (χ3v) is 2.91. The van der Waals surface area contributed by atoms with Crippen LogP contribution in [0.3, 0.4) is 0 Å². The maximum atomic E-state index is 5.59. The van der Waals surface area contributed by atoms with Crippen LogP contribution in [0, 0.1) is 5.92 Å². The molecule has 98 valence electrons. The molecule has 0 bridgehead atoms. The topological polar surface area (TPSA) is 30.3 Å². The molecule has 0 saturated heterocycles. The van der Waals surface area contributed by atoms with Gasteiger partial charge in [0.25, 0.3) is 0 Å². The molecule has 4 heteroatoms. The molecule has 0 radical (unpaired) electrons. The molecule has 0 N–H and O–H groups in total. The molecule has 1 atom stereocenters. The summed E-state index contributed by atoms with van der Waals surface area (Å²) in [6.07, 6.45) is 3.99. The van der Waals surface area contributed by atoms with E-state index in [1.54, 1.807) is 0 Å². The molecule has 1 rings (SSSR count). The average Bonchev–Trinajstić information content (AvgIpc) is 2.69. The van der Waals surface area contributed by atoms with Crippen LogP contribution in [0.25, 0.3) is 0 Å². The predicted molar refractivity (Wildman–Crippen MR) is 69.9 cm³/mol. The van der Waals surface area contributed by atoms with Crippen molar-refractivity contribution in [2.45, 2.75) is 26.8 Å². The fourth-order valence-electron chi connectivity index (χ4n) is 1.63. The van der Waals surface area contributed by atoms with Crippen LogP contribution < -0.4 is 0 Å². The van der Waals surface area contributed by atoms with Gasteiger partial charge in [-0.2, -0.15) is 5.10 Å². The van der Waals surface area contributed by atoms with Crippen LogP contribution in [-0.2, 0) is 11.8 Å². The Kier molecular flexibility index (Phi) is 5.65. The SMILES string of the molecule is CC(C)COCCN(C)C(C)c1cnn(C)c1. The van der Waals surface area contributed by atoms with Gasteiger partial charge in [-0.3, -0.25) is 9.58 Å². The summed E-state index contributed by atoms with van der Waals surface area (Å²) in [5.74, 6) is 0.607. The molecule has 0 saturated carbocycles. The van der Waals surface area contributed by atoms with E-state index in [1.807, 2.05) is 17.9 Å². The minimum atomic E-state index is 0.381. The molecular formula is C13H25N3O.